The molecule has 1 amide bonds. The Morgan fingerprint density at radius 1 is 0.947 bits per heavy atom. The van der Waals surface area contributed by atoms with E-state index in [2.05, 4.69) is 12.1 Å². The van der Waals surface area contributed by atoms with Gasteiger partial charge in [0.15, 0.2) is 0 Å². The third-order valence-corrected chi connectivity index (χ3v) is 7.25. The summed E-state index contributed by atoms with van der Waals surface area (Å²) >= 11 is 0. The molecule has 2 aliphatic rings. The van der Waals surface area contributed by atoms with Gasteiger partial charge < -0.3 is 32.6 Å². The molecule has 1 fully saturated rings. The van der Waals surface area contributed by atoms with Gasteiger partial charge in [-0.05, 0) is 35.2 Å². The zero-order valence-electron chi connectivity index (χ0n) is 21.2. The average Bonchev–Trinajstić information content (AvgIpc) is 3.20. The third kappa shape index (κ3) is 5.53. The molecular formula is C27H25BF3KN2O4. The number of hydrogen-bond acceptors (Lipinski definition) is 4. The molecule has 3 aromatic carbocycles. The Labute approximate surface area is 261 Å². The van der Waals surface area contributed by atoms with Gasteiger partial charge in [0.25, 0.3) is 0 Å². The zero-order valence-corrected chi connectivity index (χ0v) is 24.3. The van der Waals surface area contributed by atoms with E-state index in [1.54, 1.807) is 4.90 Å². The van der Waals surface area contributed by atoms with Crippen molar-refractivity contribution in [3.8, 4) is 11.1 Å². The number of ether oxygens (including phenoxy) is 1. The zero-order chi connectivity index (χ0) is 26.3. The first-order valence-corrected chi connectivity index (χ1v) is 12.1. The predicted molar refractivity (Wildman–Crippen MR) is 136 cm³/mol. The van der Waals surface area contributed by atoms with Crippen molar-refractivity contribution in [1.29, 1.82) is 0 Å². The molecule has 0 atom stereocenters. The molecule has 1 aliphatic carbocycles. The number of carbonyl (C=O) groups excluding carboxylic acids is 1. The van der Waals surface area contributed by atoms with Gasteiger partial charge in [0.05, 0.1) is 5.56 Å². The number of benzene rings is 3. The third-order valence-electron chi connectivity index (χ3n) is 7.25. The molecule has 6 nitrogen and oxygen atoms in total. The van der Waals surface area contributed by atoms with Crippen LogP contribution in [-0.2, 0) is 4.74 Å². The van der Waals surface area contributed by atoms with Crippen molar-refractivity contribution in [3.05, 3.63) is 82.9 Å². The predicted octanol–water partition coefficient (Wildman–Crippen LogP) is 1.82. The largest absolute Gasteiger partial charge is 1.00 e. The molecule has 11 heteroatoms. The molecule has 1 saturated heterocycles. The number of nitrogens with zero attached hydrogens (tertiary/aromatic N) is 2. The fourth-order valence-corrected chi connectivity index (χ4v) is 5.30. The second kappa shape index (κ2) is 11.4. The smallest absolute Gasteiger partial charge is 0.478 e. The van der Waals surface area contributed by atoms with Gasteiger partial charge in [-0.1, -0.05) is 60.2 Å². The molecule has 192 valence electrons. The average molecular weight is 548 g/mol. The molecule has 0 aromatic heterocycles. The number of halogens is 3. The second-order valence-electron chi connectivity index (χ2n) is 9.37. The van der Waals surface area contributed by atoms with Crippen LogP contribution in [0.1, 0.15) is 33.0 Å². The Balaban J connectivity index is 0.00000336. The molecule has 0 unspecified atom stereocenters. The Kier molecular flexibility index (Phi) is 8.63. The van der Waals surface area contributed by atoms with Crippen molar-refractivity contribution in [1.82, 2.24) is 4.90 Å². The number of fused-ring (bicyclic) bond motifs is 3. The molecule has 0 saturated carbocycles. The van der Waals surface area contributed by atoms with Gasteiger partial charge in [0, 0.05) is 37.8 Å². The first-order chi connectivity index (χ1) is 17.6. The van der Waals surface area contributed by atoms with E-state index in [1.165, 1.54) is 17.9 Å². The minimum Gasteiger partial charge on any atom is -0.478 e. The molecule has 1 heterocycles. The number of carboxylic acid groups (broad SMARTS) is 1. The van der Waals surface area contributed by atoms with E-state index in [1.807, 2.05) is 36.4 Å². The topological polar surface area (TPSA) is 70.1 Å². The summed E-state index contributed by atoms with van der Waals surface area (Å²) < 4.78 is 46.5. The Morgan fingerprint density at radius 2 is 1.50 bits per heavy atom. The van der Waals surface area contributed by atoms with Crippen LogP contribution in [0.15, 0.2) is 60.7 Å². The first-order valence-electron chi connectivity index (χ1n) is 12.1. The van der Waals surface area contributed by atoms with Gasteiger partial charge in [0.2, 0.25) is 0 Å². The molecule has 1 N–H and O–H groups in total. The monoisotopic (exact) mass is 548 g/mol. The molecule has 0 radical (unpaired) electrons. The van der Waals surface area contributed by atoms with E-state index >= 15 is 0 Å². The number of hydrogen-bond donors (Lipinski definition) is 1. The number of amides is 1. The standard InChI is InChI=1S/C27H25BF3N2O4.K/c1-17-23(26(34)35)14-18(15-25(17)28(29,30)31)32-10-12-33(13-11-32)27(36)37-16-24-21-8-4-2-6-19(21)20-7-3-5-9-22(20)24;/h2-9,14-15,24H,10-13,16H2,1H3,(H,34,35);/q-1;+1. The van der Waals surface area contributed by atoms with Crippen LogP contribution >= 0.6 is 0 Å². The SMILES string of the molecule is Cc1c(C(=O)O)cc(N2CCN(C(=O)OCC3c4ccccc4-c4ccccc43)CC2)cc1[B-](F)(F)F.[K+]. The van der Waals surface area contributed by atoms with Gasteiger partial charge in [0.1, 0.15) is 6.61 Å². The van der Waals surface area contributed by atoms with Gasteiger partial charge in [-0.25, -0.2) is 9.59 Å². The summed E-state index contributed by atoms with van der Waals surface area (Å²) in [6.07, 6.45) is -0.476. The minimum atomic E-state index is -5.37. The van der Waals surface area contributed by atoms with Gasteiger partial charge in [-0.2, -0.15) is 0 Å². The summed E-state index contributed by atoms with van der Waals surface area (Å²) in [6.45, 7) is -3.00. The number of anilines is 1. The Morgan fingerprint density at radius 3 is 2.03 bits per heavy atom. The number of rotatable bonds is 5. The van der Waals surface area contributed by atoms with E-state index in [4.69, 9.17) is 4.74 Å². The number of carboxylic acids is 1. The number of carbonyl (C=O) groups is 2. The van der Waals surface area contributed by atoms with Gasteiger partial charge in [-0.15, -0.1) is 5.46 Å². The maximum Gasteiger partial charge on any atom is 1.00 e. The van der Waals surface area contributed by atoms with Crippen LogP contribution in [0, 0.1) is 6.92 Å². The minimum absolute atomic E-state index is 0. The summed E-state index contributed by atoms with van der Waals surface area (Å²) in [4.78, 5) is 27.6. The van der Waals surface area contributed by atoms with Crippen LogP contribution < -0.4 is 61.7 Å². The van der Waals surface area contributed by atoms with Crippen molar-refractivity contribution >= 4 is 30.2 Å². The van der Waals surface area contributed by atoms with Crippen molar-refractivity contribution in [2.45, 2.75) is 12.8 Å². The van der Waals surface area contributed by atoms with Crippen molar-refractivity contribution in [2.24, 2.45) is 0 Å². The van der Waals surface area contributed by atoms with Crippen molar-refractivity contribution in [3.63, 3.8) is 0 Å². The number of piperazine rings is 1. The summed E-state index contributed by atoms with van der Waals surface area (Å²) in [6, 6.07) is 18.4. The summed E-state index contributed by atoms with van der Waals surface area (Å²) in [5.74, 6) is -1.47. The van der Waals surface area contributed by atoms with E-state index in [0.717, 1.165) is 28.3 Å². The quantitative estimate of drug-likeness (QED) is 0.493. The Hall–Kier alpha value is -2.31. The van der Waals surface area contributed by atoms with E-state index in [0.29, 0.717) is 0 Å². The molecule has 5 rings (SSSR count). The summed E-state index contributed by atoms with van der Waals surface area (Å²) in [5, 5.41) is 9.42. The van der Waals surface area contributed by atoms with E-state index in [9.17, 15) is 27.6 Å². The molecule has 38 heavy (non-hydrogen) atoms. The fourth-order valence-electron chi connectivity index (χ4n) is 5.30. The maximum absolute atomic E-state index is 13.6. The first kappa shape index (κ1) is 28.7. The second-order valence-corrected chi connectivity index (χ2v) is 9.37. The molecule has 0 bridgehead atoms. The molecule has 3 aromatic rings. The molecular weight excluding hydrogens is 523 g/mol. The van der Waals surface area contributed by atoms with Crippen LogP contribution in [0.4, 0.5) is 23.4 Å². The summed E-state index contributed by atoms with van der Waals surface area (Å²) in [7, 11) is 0. The number of aromatic carboxylic acids is 1. The van der Waals surface area contributed by atoms with Crippen LogP contribution in [0.3, 0.4) is 0 Å². The van der Waals surface area contributed by atoms with E-state index < -0.39 is 24.5 Å². The summed E-state index contributed by atoms with van der Waals surface area (Å²) in [5.41, 5.74) is 3.09. The van der Waals surface area contributed by atoms with Gasteiger partial charge >= 0.3 is 70.4 Å². The van der Waals surface area contributed by atoms with Gasteiger partial charge in [-0.3, -0.25) is 0 Å². The van der Waals surface area contributed by atoms with Crippen LogP contribution in [0.25, 0.3) is 11.1 Å². The fraction of sp³-hybridized carbons (Fsp3) is 0.259. The Bertz CT molecular complexity index is 1330. The molecule has 1 aliphatic heterocycles. The van der Waals surface area contributed by atoms with Crippen LogP contribution in [0.2, 0.25) is 0 Å². The van der Waals surface area contributed by atoms with Crippen molar-refractivity contribution < 1.29 is 83.8 Å². The maximum atomic E-state index is 13.6. The normalized spacial score (nSPS) is 14.9. The van der Waals surface area contributed by atoms with Crippen molar-refractivity contribution in [2.75, 3.05) is 37.7 Å². The van der Waals surface area contributed by atoms with Crippen LogP contribution in [0.5, 0.6) is 0 Å². The van der Waals surface area contributed by atoms with E-state index in [-0.39, 0.29) is 107 Å². The molecule has 0 spiro atoms. The van der Waals surface area contributed by atoms with Crippen LogP contribution in [-0.4, -0.2) is 61.8 Å².